The van der Waals surface area contributed by atoms with Crippen LogP contribution < -0.4 is 10.1 Å². The van der Waals surface area contributed by atoms with Crippen molar-refractivity contribution in [2.75, 3.05) is 32.1 Å². The summed E-state index contributed by atoms with van der Waals surface area (Å²) in [5, 5.41) is 3.27. The maximum Gasteiger partial charge on any atom is 0.226 e. The average molecular weight is 280 g/mol. The van der Waals surface area contributed by atoms with E-state index in [0.717, 1.165) is 31.6 Å². The zero-order chi connectivity index (χ0) is 15.0. The van der Waals surface area contributed by atoms with Gasteiger partial charge in [-0.25, -0.2) is 4.98 Å². The molecule has 1 unspecified atom stereocenters. The molecule has 1 heterocycles. The summed E-state index contributed by atoms with van der Waals surface area (Å²) in [5.74, 6) is 1.30. The molecule has 0 amide bonds. The van der Waals surface area contributed by atoms with Crippen molar-refractivity contribution in [3.05, 3.63) is 11.8 Å². The van der Waals surface area contributed by atoms with Crippen molar-refractivity contribution in [2.45, 2.75) is 46.6 Å². The second kappa shape index (κ2) is 8.74. The third-order valence-corrected chi connectivity index (χ3v) is 3.38. The quantitative estimate of drug-likeness (QED) is 0.753. The van der Waals surface area contributed by atoms with Crippen molar-refractivity contribution >= 4 is 5.95 Å². The molecule has 0 spiro atoms. The predicted molar refractivity (Wildman–Crippen MR) is 83.4 cm³/mol. The lowest BCUT2D eigenvalue weighted by Gasteiger charge is -2.23. The highest BCUT2D eigenvalue weighted by molar-refractivity contribution is 5.30. The van der Waals surface area contributed by atoms with Crippen LogP contribution in [0.1, 0.15) is 39.3 Å². The first-order chi connectivity index (χ1) is 9.56. The summed E-state index contributed by atoms with van der Waals surface area (Å²) in [4.78, 5) is 11.1. The van der Waals surface area contributed by atoms with Gasteiger partial charge in [-0.1, -0.05) is 13.8 Å². The molecule has 0 bridgehead atoms. The molecule has 0 radical (unpaired) electrons. The Hall–Kier alpha value is -1.36. The fourth-order valence-corrected chi connectivity index (χ4v) is 1.78. The van der Waals surface area contributed by atoms with Crippen molar-refractivity contribution in [2.24, 2.45) is 0 Å². The van der Waals surface area contributed by atoms with Gasteiger partial charge in [-0.2, -0.15) is 4.98 Å². The van der Waals surface area contributed by atoms with Gasteiger partial charge in [-0.05, 0) is 33.7 Å². The number of hydrogen-bond acceptors (Lipinski definition) is 5. The third-order valence-electron chi connectivity index (χ3n) is 3.38. The first-order valence-corrected chi connectivity index (χ1v) is 7.49. The van der Waals surface area contributed by atoms with E-state index in [-0.39, 0.29) is 0 Å². The lowest BCUT2D eigenvalue weighted by molar-refractivity contribution is 0.261. The summed E-state index contributed by atoms with van der Waals surface area (Å²) >= 11 is 0. The van der Waals surface area contributed by atoms with Gasteiger partial charge < -0.3 is 15.0 Å². The van der Waals surface area contributed by atoms with Crippen LogP contribution in [0.4, 0.5) is 5.95 Å². The van der Waals surface area contributed by atoms with Gasteiger partial charge in [0.25, 0.3) is 0 Å². The van der Waals surface area contributed by atoms with E-state index in [4.69, 9.17) is 4.74 Å². The van der Waals surface area contributed by atoms with Gasteiger partial charge in [0.05, 0.1) is 6.61 Å². The Labute approximate surface area is 122 Å². The molecule has 0 aromatic carbocycles. The number of rotatable bonds is 9. The molecule has 1 N–H and O–H groups in total. The van der Waals surface area contributed by atoms with Crippen LogP contribution in [-0.2, 0) is 0 Å². The van der Waals surface area contributed by atoms with E-state index in [1.165, 1.54) is 0 Å². The van der Waals surface area contributed by atoms with Gasteiger partial charge in [0.2, 0.25) is 11.8 Å². The van der Waals surface area contributed by atoms with E-state index in [1.54, 1.807) is 0 Å². The van der Waals surface area contributed by atoms with Gasteiger partial charge in [0.1, 0.15) is 0 Å². The second-order valence-electron chi connectivity index (χ2n) is 5.18. The lowest BCUT2D eigenvalue weighted by Crippen LogP contribution is -2.32. The van der Waals surface area contributed by atoms with Gasteiger partial charge in [0.15, 0.2) is 0 Å². The van der Waals surface area contributed by atoms with Crippen LogP contribution in [-0.4, -0.2) is 47.7 Å². The minimum Gasteiger partial charge on any atom is -0.478 e. The molecule has 5 nitrogen and oxygen atoms in total. The number of anilines is 1. The van der Waals surface area contributed by atoms with Crippen LogP contribution >= 0.6 is 0 Å². The molecule has 0 aliphatic rings. The highest BCUT2D eigenvalue weighted by Gasteiger charge is 2.07. The summed E-state index contributed by atoms with van der Waals surface area (Å²) in [6.07, 6.45) is 2.14. The van der Waals surface area contributed by atoms with Crippen molar-refractivity contribution < 1.29 is 4.74 Å². The van der Waals surface area contributed by atoms with Gasteiger partial charge >= 0.3 is 0 Å². The van der Waals surface area contributed by atoms with Crippen molar-refractivity contribution in [3.63, 3.8) is 0 Å². The minimum absolute atomic E-state index is 0.596. The highest BCUT2D eigenvalue weighted by atomic mass is 16.5. The fraction of sp³-hybridized carbons (Fsp3) is 0.733. The number of hydrogen-bond donors (Lipinski definition) is 1. The lowest BCUT2D eigenvalue weighted by atomic mass is 10.2. The zero-order valence-electron chi connectivity index (χ0n) is 13.4. The molecule has 1 atom stereocenters. The van der Waals surface area contributed by atoms with Crippen molar-refractivity contribution in [3.8, 4) is 5.88 Å². The number of nitrogens with zero attached hydrogens (tertiary/aromatic N) is 3. The molecule has 1 rings (SSSR count). The van der Waals surface area contributed by atoms with Crippen LogP contribution in [0.15, 0.2) is 6.07 Å². The predicted octanol–water partition coefficient (Wildman–Crippen LogP) is 2.72. The number of nitrogens with one attached hydrogen (secondary N) is 1. The van der Waals surface area contributed by atoms with Crippen LogP contribution in [0.3, 0.4) is 0 Å². The molecule has 20 heavy (non-hydrogen) atoms. The summed E-state index contributed by atoms with van der Waals surface area (Å²) < 4.78 is 5.56. The molecule has 1 aromatic rings. The SMILES string of the molecule is CCCOc1cc(C)nc(NCCN(C)C(C)CC)n1. The second-order valence-corrected chi connectivity index (χ2v) is 5.18. The van der Waals surface area contributed by atoms with Crippen molar-refractivity contribution in [1.29, 1.82) is 0 Å². The largest absolute Gasteiger partial charge is 0.478 e. The van der Waals surface area contributed by atoms with E-state index >= 15 is 0 Å². The molecular formula is C15H28N4O. The van der Waals surface area contributed by atoms with E-state index in [2.05, 4.69) is 48.0 Å². The summed E-state index contributed by atoms with van der Waals surface area (Å²) in [5.41, 5.74) is 0.920. The van der Waals surface area contributed by atoms with Crippen molar-refractivity contribution in [1.82, 2.24) is 14.9 Å². The van der Waals surface area contributed by atoms with E-state index in [0.29, 0.717) is 24.5 Å². The zero-order valence-corrected chi connectivity index (χ0v) is 13.4. The Morgan fingerprint density at radius 3 is 2.75 bits per heavy atom. The minimum atomic E-state index is 0.596. The van der Waals surface area contributed by atoms with Crippen LogP contribution in [0, 0.1) is 6.92 Å². The molecule has 1 aromatic heterocycles. The Morgan fingerprint density at radius 1 is 1.35 bits per heavy atom. The summed E-state index contributed by atoms with van der Waals surface area (Å²) in [6.45, 7) is 11.0. The van der Waals surface area contributed by atoms with Gasteiger partial charge in [-0.3, -0.25) is 0 Å². The van der Waals surface area contributed by atoms with Crippen LogP contribution in [0.2, 0.25) is 0 Å². The maximum atomic E-state index is 5.56. The Kier molecular flexibility index (Phi) is 7.30. The fourth-order valence-electron chi connectivity index (χ4n) is 1.78. The third kappa shape index (κ3) is 5.74. The first-order valence-electron chi connectivity index (χ1n) is 7.49. The van der Waals surface area contributed by atoms with Crippen LogP contribution in [0.25, 0.3) is 0 Å². The Morgan fingerprint density at radius 2 is 2.10 bits per heavy atom. The van der Waals surface area contributed by atoms with Gasteiger partial charge in [0, 0.05) is 30.9 Å². The maximum absolute atomic E-state index is 5.56. The Balaban J connectivity index is 2.48. The normalized spacial score (nSPS) is 12.5. The average Bonchev–Trinajstić information content (AvgIpc) is 2.43. The molecule has 0 aliphatic heterocycles. The molecule has 0 fully saturated rings. The molecule has 0 saturated carbocycles. The van der Waals surface area contributed by atoms with Crippen LogP contribution in [0.5, 0.6) is 5.88 Å². The number of likely N-dealkylation sites (N-methyl/N-ethyl adjacent to an activating group) is 1. The summed E-state index contributed by atoms with van der Waals surface area (Å²) in [6, 6.07) is 2.46. The van der Waals surface area contributed by atoms with E-state index in [1.807, 2.05) is 13.0 Å². The molecule has 0 aliphatic carbocycles. The number of ether oxygens (including phenoxy) is 1. The standard InChI is InChI=1S/C15H28N4O/c1-6-10-20-14-11-12(3)17-15(18-14)16-8-9-19(5)13(4)7-2/h11,13H,6-10H2,1-5H3,(H,16,17,18). The smallest absolute Gasteiger partial charge is 0.226 e. The summed E-state index contributed by atoms with van der Waals surface area (Å²) in [7, 11) is 2.14. The first kappa shape index (κ1) is 16.7. The van der Waals surface area contributed by atoms with E-state index in [9.17, 15) is 0 Å². The highest BCUT2D eigenvalue weighted by Crippen LogP contribution is 2.12. The molecule has 5 heteroatoms. The number of aromatic nitrogens is 2. The molecule has 0 saturated heterocycles. The Bertz CT molecular complexity index is 397. The number of aryl methyl sites for hydroxylation is 1. The monoisotopic (exact) mass is 280 g/mol. The van der Waals surface area contributed by atoms with E-state index < -0.39 is 0 Å². The molecular weight excluding hydrogens is 252 g/mol. The van der Waals surface area contributed by atoms with Gasteiger partial charge in [-0.15, -0.1) is 0 Å². The topological polar surface area (TPSA) is 50.3 Å². The molecule has 114 valence electrons.